The molecular formula is C38H44FNO8S. The molecule has 3 aromatic rings. The van der Waals surface area contributed by atoms with Gasteiger partial charge in [-0.05, 0) is 85.3 Å². The third-order valence-electron chi connectivity index (χ3n) is 8.86. The first kappa shape index (κ1) is 36.2. The molecule has 0 bridgehead atoms. The van der Waals surface area contributed by atoms with Gasteiger partial charge in [-0.2, -0.15) is 0 Å². The second kappa shape index (κ2) is 17.5. The maximum atomic E-state index is 13.3. The van der Waals surface area contributed by atoms with E-state index >= 15 is 0 Å². The topological polar surface area (TPSA) is 95.9 Å². The van der Waals surface area contributed by atoms with Crippen LogP contribution in [0, 0.1) is 23.7 Å². The van der Waals surface area contributed by atoms with Crippen LogP contribution in [0.25, 0.3) is 0 Å². The Kier molecular flexibility index (Phi) is 12.9. The number of carbonyl (C=O) groups excluding carboxylic acids is 1. The minimum absolute atomic E-state index is 0.197. The Balaban J connectivity index is 1.36. The third kappa shape index (κ3) is 9.12. The molecule has 1 aliphatic carbocycles. The van der Waals surface area contributed by atoms with Gasteiger partial charge in [0, 0.05) is 34.6 Å². The first-order valence-electron chi connectivity index (χ1n) is 16.5. The maximum absolute atomic E-state index is 13.3. The lowest BCUT2D eigenvalue weighted by Gasteiger charge is -2.21. The van der Waals surface area contributed by atoms with Crippen LogP contribution in [0.5, 0.6) is 28.7 Å². The lowest BCUT2D eigenvalue weighted by molar-refractivity contribution is -0.157. The van der Waals surface area contributed by atoms with Crippen molar-refractivity contribution in [3.05, 3.63) is 71.0 Å². The fraction of sp³-hybridized carbons (Fsp3) is 0.447. The van der Waals surface area contributed by atoms with Crippen molar-refractivity contribution in [1.29, 1.82) is 0 Å². The zero-order valence-corrected chi connectivity index (χ0v) is 29.3. The number of hydrogen-bond donors (Lipinski definition) is 1. The largest absolute Gasteiger partial charge is 0.493 e. The summed E-state index contributed by atoms with van der Waals surface area (Å²) in [5, 5.41) is 11.0. The Hall–Kier alpha value is -4.11. The molecule has 0 radical (unpaired) electrons. The Bertz CT molecular complexity index is 1610. The van der Waals surface area contributed by atoms with Gasteiger partial charge in [0.15, 0.2) is 23.0 Å². The molecule has 0 aromatic heterocycles. The Morgan fingerprint density at radius 1 is 0.857 bits per heavy atom. The minimum Gasteiger partial charge on any atom is -0.493 e. The highest BCUT2D eigenvalue weighted by Gasteiger charge is 2.31. The molecule has 1 heterocycles. The number of thioether (sulfide) groups is 1. The molecule has 2 atom stereocenters. The summed E-state index contributed by atoms with van der Waals surface area (Å²) in [5.74, 6) is 5.45. The number of benzene rings is 3. The van der Waals surface area contributed by atoms with E-state index in [1.54, 1.807) is 52.3 Å². The van der Waals surface area contributed by atoms with Crippen LogP contribution in [-0.4, -0.2) is 57.0 Å². The average molecular weight is 694 g/mol. The number of hydrogen-bond acceptors (Lipinski definition) is 9. The van der Waals surface area contributed by atoms with Gasteiger partial charge < -0.3 is 28.4 Å². The van der Waals surface area contributed by atoms with Gasteiger partial charge >= 0.3 is 0 Å². The van der Waals surface area contributed by atoms with Crippen molar-refractivity contribution in [2.75, 3.05) is 40.8 Å². The molecule has 49 heavy (non-hydrogen) atoms. The molecule has 9 nitrogen and oxygen atoms in total. The Morgan fingerprint density at radius 2 is 1.45 bits per heavy atom. The van der Waals surface area contributed by atoms with E-state index in [4.69, 9.17) is 28.4 Å². The molecule has 2 unspecified atom stereocenters. The molecular weight excluding hydrogens is 649 g/mol. The van der Waals surface area contributed by atoms with Crippen LogP contribution in [0.2, 0.25) is 0 Å². The summed E-state index contributed by atoms with van der Waals surface area (Å²) in [6.45, 7) is 0.355. The summed E-state index contributed by atoms with van der Waals surface area (Å²) in [7, 11) is 6.33. The van der Waals surface area contributed by atoms with E-state index in [0.29, 0.717) is 46.2 Å². The van der Waals surface area contributed by atoms with Crippen LogP contribution in [0.4, 0.5) is 4.39 Å². The van der Waals surface area contributed by atoms with Crippen LogP contribution in [0.15, 0.2) is 53.4 Å². The first-order chi connectivity index (χ1) is 23.8. The van der Waals surface area contributed by atoms with Gasteiger partial charge in [-0.1, -0.05) is 25.2 Å². The van der Waals surface area contributed by atoms with E-state index in [2.05, 4.69) is 12.0 Å². The number of nitrogens with zero attached hydrogens (tertiary/aromatic N) is 1. The number of hydroxylamine groups is 2. The SMILES string of the molecule is COc1cc(C2CCC(c3cc(OC)c(OC)c(OC)c3)O2)cc(CC#CN(O)C(=O)C2CCCCC2)c1OCCSc1ccc(F)cc1. The quantitative estimate of drug-likeness (QED) is 0.0478. The number of amides is 1. The monoisotopic (exact) mass is 693 g/mol. The van der Waals surface area contributed by atoms with Gasteiger partial charge in [0.05, 0.1) is 47.3 Å². The number of carbonyl (C=O) groups is 1. The number of halogens is 1. The molecule has 1 aliphatic heterocycles. The summed E-state index contributed by atoms with van der Waals surface area (Å²) in [4.78, 5) is 13.7. The highest BCUT2D eigenvalue weighted by molar-refractivity contribution is 7.99. The van der Waals surface area contributed by atoms with E-state index < -0.39 is 0 Å². The lowest BCUT2D eigenvalue weighted by atomic mass is 9.89. The second-order valence-electron chi connectivity index (χ2n) is 12.0. The molecule has 1 saturated heterocycles. The van der Waals surface area contributed by atoms with Gasteiger partial charge in [-0.25, -0.2) is 4.39 Å². The molecule has 0 spiro atoms. The molecule has 1 amide bonds. The Morgan fingerprint density at radius 3 is 2.04 bits per heavy atom. The maximum Gasteiger partial charge on any atom is 0.261 e. The fourth-order valence-electron chi connectivity index (χ4n) is 6.35. The van der Waals surface area contributed by atoms with Crippen molar-refractivity contribution in [3.63, 3.8) is 0 Å². The Labute approximate surface area is 291 Å². The van der Waals surface area contributed by atoms with E-state index in [1.165, 1.54) is 12.1 Å². The van der Waals surface area contributed by atoms with Gasteiger partial charge in [-0.3, -0.25) is 10.0 Å². The van der Waals surface area contributed by atoms with Gasteiger partial charge in [0.25, 0.3) is 5.91 Å². The molecule has 2 fully saturated rings. The normalized spacial score (nSPS) is 17.5. The van der Waals surface area contributed by atoms with Crippen molar-refractivity contribution in [2.45, 2.75) is 68.5 Å². The highest BCUT2D eigenvalue weighted by atomic mass is 32.2. The molecule has 1 saturated carbocycles. The van der Waals surface area contributed by atoms with E-state index in [1.807, 2.05) is 24.3 Å². The van der Waals surface area contributed by atoms with Crippen LogP contribution < -0.4 is 23.7 Å². The van der Waals surface area contributed by atoms with Gasteiger partial charge in [0.2, 0.25) is 5.75 Å². The van der Waals surface area contributed by atoms with Crippen molar-refractivity contribution >= 4 is 17.7 Å². The number of methoxy groups -OCH3 is 4. The van der Waals surface area contributed by atoms with Crippen LogP contribution in [-0.2, 0) is 16.0 Å². The van der Waals surface area contributed by atoms with Crippen molar-refractivity contribution < 1.29 is 42.8 Å². The predicted octanol–water partition coefficient (Wildman–Crippen LogP) is 7.93. The summed E-state index contributed by atoms with van der Waals surface area (Å²) >= 11 is 1.55. The highest BCUT2D eigenvalue weighted by Crippen LogP contribution is 2.47. The molecule has 1 N–H and O–H groups in total. The van der Waals surface area contributed by atoms with Gasteiger partial charge in [-0.15, -0.1) is 16.8 Å². The molecule has 11 heteroatoms. The lowest BCUT2D eigenvalue weighted by Crippen LogP contribution is -2.31. The number of ether oxygens (including phenoxy) is 6. The van der Waals surface area contributed by atoms with Crippen molar-refractivity contribution in [2.24, 2.45) is 5.92 Å². The summed E-state index contributed by atoms with van der Waals surface area (Å²) in [5.41, 5.74) is 2.56. The van der Waals surface area contributed by atoms with E-state index in [-0.39, 0.29) is 36.3 Å². The van der Waals surface area contributed by atoms with Crippen LogP contribution >= 0.6 is 11.8 Å². The third-order valence-corrected chi connectivity index (χ3v) is 9.84. The summed E-state index contributed by atoms with van der Waals surface area (Å²) < 4.78 is 48.6. The average Bonchev–Trinajstić information content (AvgIpc) is 3.64. The summed E-state index contributed by atoms with van der Waals surface area (Å²) in [6, 6.07) is 16.7. The van der Waals surface area contributed by atoms with E-state index in [0.717, 1.165) is 66.5 Å². The molecule has 3 aromatic carbocycles. The molecule has 5 rings (SSSR count). The molecule has 2 aliphatic rings. The first-order valence-corrected chi connectivity index (χ1v) is 17.5. The standard InChI is InChI=1S/C38H44FNO8S/c1-43-33-22-27(31-16-17-32(48-31)28-23-34(44-2)37(46-4)35(24-28)45-3)21-26(11-8-18-40(42)38(41)25-9-6-5-7-10-25)36(33)47-19-20-49-30-14-12-29(39)13-15-30/h12-15,21-25,31-32,42H,5-7,9-11,16-17,19-20H2,1-4H3. The van der Waals surface area contributed by atoms with Crippen molar-refractivity contribution in [3.8, 4) is 40.7 Å². The number of rotatable bonds is 13. The van der Waals surface area contributed by atoms with Crippen LogP contribution in [0.1, 0.15) is 73.8 Å². The van der Waals surface area contributed by atoms with Gasteiger partial charge in [0.1, 0.15) is 5.82 Å². The van der Waals surface area contributed by atoms with E-state index in [9.17, 15) is 14.4 Å². The smallest absolute Gasteiger partial charge is 0.261 e. The van der Waals surface area contributed by atoms with Crippen LogP contribution in [0.3, 0.4) is 0 Å². The minimum atomic E-state index is -0.356. The predicted molar refractivity (Wildman–Crippen MR) is 184 cm³/mol. The summed E-state index contributed by atoms with van der Waals surface area (Å²) in [6.07, 6.45) is 5.87. The molecule has 262 valence electrons. The van der Waals surface area contributed by atoms with Crippen molar-refractivity contribution in [1.82, 2.24) is 5.06 Å². The zero-order valence-electron chi connectivity index (χ0n) is 28.5. The second-order valence-corrected chi connectivity index (χ2v) is 13.1. The fourth-order valence-corrected chi connectivity index (χ4v) is 7.08. The zero-order chi connectivity index (χ0) is 34.8.